The second-order valence-corrected chi connectivity index (χ2v) is 9.49. The summed E-state index contributed by atoms with van der Waals surface area (Å²) in [6.45, 7) is 11.3. The van der Waals surface area contributed by atoms with Gasteiger partial charge < -0.3 is 25.0 Å². The van der Waals surface area contributed by atoms with Crippen LogP contribution in [0.4, 0.5) is 4.79 Å². The summed E-state index contributed by atoms with van der Waals surface area (Å²) in [5.74, 6) is -2.33. The van der Waals surface area contributed by atoms with Crippen molar-refractivity contribution in [1.82, 2.24) is 15.5 Å². The first-order valence-electron chi connectivity index (χ1n) is 11.3. The van der Waals surface area contributed by atoms with Gasteiger partial charge in [0.2, 0.25) is 11.8 Å². The van der Waals surface area contributed by atoms with Gasteiger partial charge in [0, 0.05) is 0 Å². The number of carbonyl (C=O) groups excluding carboxylic acids is 4. The number of aryl methyl sites for hydroxylation is 2. The van der Waals surface area contributed by atoms with Crippen molar-refractivity contribution < 1.29 is 28.7 Å². The minimum Gasteiger partial charge on any atom is -0.468 e. The van der Waals surface area contributed by atoms with Crippen LogP contribution in [0.2, 0.25) is 0 Å². The maximum Gasteiger partial charge on any atom is 0.408 e. The summed E-state index contributed by atoms with van der Waals surface area (Å²) >= 11 is 0. The molecule has 10 nitrogen and oxygen atoms in total. The van der Waals surface area contributed by atoms with Crippen LogP contribution in [0.25, 0.3) is 0 Å². The molecule has 0 spiro atoms. The minimum atomic E-state index is -1.23. The van der Waals surface area contributed by atoms with E-state index in [0.717, 1.165) is 16.0 Å². The average molecular weight is 489 g/mol. The molecule has 0 saturated carbocycles. The van der Waals surface area contributed by atoms with Gasteiger partial charge in [0.05, 0.1) is 13.2 Å². The number of rotatable bonds is 9. The molecule has 0 fully saturated rings. The third-order valence-electron chi connectivity index (χ3n) is 5.14. The van der Waals surface area contributed by atoms with Crippen LogP contribution in [0.5, 0.6) is 0 Å². The molecule has 3 amide bonds. The van der Waals surface area contributed by atoms with Crippen LogP contribution in [-0.2, 0) is 23.9 Å². The first-order chi connectivity index (χ1) is 16.2. The summed E-state index contributed by atoms with van der Waals surface area (Å²) in [6, 6.07) is 5.04. The van der Waals surface area contributed by atoms with Gasteiger partial charge in [0.15, 0.2) is 0 Å². The molecular formula is C25H36N4O6. The van der Waals surface area contributed by atoms with Crippen molar-refractivity contribution in [3.63, 3.8) is 0 Å². The van der Waals surface area contributed by atoms with Crippen molar-refractivity contribution in [3.8, 4) is 6.07 Å². The second-order valence-electron chi connectivity index (χ2n) is 9.49. The van der Waals surface area contributed by atoms with E-state index in [-0.39, 0.29) is 5.92 Å². The number of nitrogens with one attached hydrogen (secondary N) is 2. The Morgan fingerprint density at radius 3 is 2.14 bits per heavy atom. The number of amides is 3. The predicted octanol–water partition coefficient (Wildman–Crippen LogP) is 2.54. The lowest BCUT2D eigenvalue weighted by molar-refractivity contribution is -0.144. The Morgan fingerprint density at radius 2 is 1.69 bits per heavy atom. The summed E-state index contributed by atoms with van der Waals surface area (Å²) in [7, 11) is 1.19. The molecule has 2 unspecified atom stereocenters. The van der Waals surface area contributed by atoms with Crippen LogP contribution in [0.1, 0.15) is 57.4 Å². The number of carbonyl (C=O) groups is 4. The van der Waals surface area contributed by atoms with Crippen LogP contribution in [-0.4, -0.2) is 60.6 Å². The molecule has 10 heteroatoms. The number of esters is 1. The molecule has 0 aliphatic rings. The third kappa shape index (κ3) is 8.59. The predicted molar refractivity (Wildman–Crippen MR) is 129 cm³/mol. The Kier molecular flexibility index (Phi) is 10.7. The van der Waals surface area contributed by atoms with E-state index in [4.69, 9.17) is 4.74 Å². The van der Waals surface area contributed by atoms with Crippen molar-refractivity contribution in [2.75, 3.05) is 20.2 Å². The molecule has 0 bridgehead atoms. The van der Waals surface area contributed by atoms with Crippen LogP contribution < -0.4 is 10.6 Å². The third-order valence-corrected chi connectivity index (χ3v) is 5.14. The lowest BCUT2D eigenvalue weighted by Crippen LogP contribution is -2.55. The lowest BCUT2D eigenvalue weighted by Gasteiger charge is -2.35. The van der Waals surface area contributed by atoms with E-state index in [1.807, 2.05) is 12.1 Å². The molecular weight excluding hydrogens is 452 g/mol. The molecule has 35 heavy (non-hydrogen) atoms. The Hall–Kier alpha value is -3.61. The molecule has 192 valence electrons. The summed E-state index contributed by atoms with van der Waals surface area (Å²) in [6.07, 6.45) is -0.791. The van der Waals surface area contributed by atoms with Crippen molar-refractivity contribution >= 4 is 23.9 Å². The van der Waals surface area contributed by atoms with E-state index < -0.39 is 54.7 Å². The van der Waals surface area contributed by atoms with E-state index in [0.29, 0.717) is 5.56 Å². The molecule has 2 N–H and O–H groups in total. The quantitative estimate of drug-likeness (QED) is 0.402. The van der Waals surface area contributed by atoms with Crippen molar-refractivity contribution in [2.24, 2.45) is 5.92 Å². The van der Waals surface area contributed by atoms with E-state index >= 15 is 0 Å². The molecule has 0 radical (unpaired) electrons. The number of benzene rings is 1. The van der Waals surface area contributed by atoms with Gasteiger partial charge in [0.25, 0.3) is 0 Å². The maximum absolute atomic E-state index is 13.7. The summed E-state index contributed by atoms with van der Waals surface area (Å²) in [5, 5.41) is 14.6. The molecule has 0 aromatic heterocycles. The number of methoxy groups -OCH3 is 1. The first-order valence-corrected chi connectivity index (χ1v) is 11.3. The number of hydrogen-bond donors (Lipinski definition) is 2. The fourth-order valence-electron chi connectivity index (χ4n) is 3.51. The van der Waals surface area contributed by atoms with Gasteiger partial charge in [-0.2, -0.15) is 5.26 Å². The highest BCUT2D eigenvalue weighted by atomic mass is 16.6. The first kappa shape index (κ1) is 29.4. The monoisotopic (exact) mass is 488 g/mol. The smallest absolute Gasteiger partial charge is 0.408 e. The van der Waals surface area contributed by atoms with Crippen molar-refractivity contribution in [1.29, 1.82) is 5.26 Å². The molecule has 0 aliphatic carbocycles. The van der Waals surface area contributed by atoms with Gasteiger partial charge in [-0.25, -0.2) is 4.79 Å². The molecule has 0 heterocycles. The Bertz CT molecular complexity index is 957. The number of ether oxygens (including phenoxy) is 2. The number of nitriles is 1. The van der Waals surface area contributed by atoms with Crippen molar-refractivity contribution in [3.05, 3.63) is 34.9 Å². The van der Waals surface area contributed by atoms with Crippen LogP contribution in [0, 0.1) is 31.1 Å². The largest absolute Gasteiger partial charge is 0.468 e. The Morgan fingerprint density at radius 1 is 1.11 bits per heavy atom. The minimum absolute atomic E-state index is 0.382. The standard InChI is InChI=1S/C25H36N4O6/c1-15(2)20(28-24(33)35-25(5,6)7)23(32)29(13-12-26)21(22(31)27-14-18(30)34-8)19-16(3)10-9-11-17(19)4/h9-11,15,20-21H,13-14H2,1-8H3,(H,27,31)(H,28,33). The van der Waals surface area contributed by atoms with E-state index in [1.165, 1.54) is 7.11 Å². The van der Waals surface area contributed by atoms with Gasteiger partial charge in [-0.3, -0.25) is 14.4 Å². The fraction of sp³-hybridized carbons (Fsp3) is 0.560. The highest BCUT2D eigenvalue weighted by molar-refractivity contribution is 5.93. The Balaban J connectivity index is 3.51. The molecule has 2 atom stereocenters. The molecule has 0 aliphatic heterocycles. The molecule has 1 rings (SSSR count). The van der Waals surface area contributed by atoms with Gasteiger partial charge in [-0.15, -0.1) is 0 Å². The summed E-state index contributed by atoms with van der Waals surface area (Å²) in [5.41, 5.74) is 1.19. The van der Waals surface area contributed by atoms with Crippen LogP contribution >= 0.6 is 0 Å². The number of hydrogen-bond acceptors (Lipinski definition) is 7. The fourth-order valence-corrected chi connectivity index (χ4v) is 3.51. The van der Waals surface area contributed by atoms with Crippen molar-refractivity contribution in [2.45, 2.75) is 66.2 Å². The van der Waals surface area contributed by atoms with Gasteiger partial charge in [0.1, 0.15) is 30.8 Å². The maximum atomic E-state index is 13.7. The van der Waals surface area contributed by atoms with E-state index in [9.17, 15) is 24.4 Å². The zero-order chi connectivity index (χ0) is 26.9. The van der Waals surface area contributed by atoms with E-state index in [2.05, 4.69) is 15.4 Å². The molecule has 1 aromatic carbocycles. The van der Waals surface area contributed by atoms with Gasteiger partial charge >= 0.3 is 12.1 Å². The highest BCUT2D eigenvalue weighted by Crippen LogP contribution is 2.29. The SMILES string of the molecule is COC(=O)CNC(=O)C(c1c(C)cccc1C)N(CC#N)C(=O)C(NC(=O)OC(C)(C)C)C(C)C. The number of alkyl carbamates (subject to hydrolysis) is 1. The zero-order valence-corrected chi connectivity index (χ0v) is 21.7. The van der Waals surface area contributed by atoms with Crippen LogP contribution in [0.3, 0.4) is 0 Å². The normalized spacial score (nSPS) is 12.7. The van der Waals surface area contributed by atoms with Gasteiger partial charge in [-0.1, -0.05) is 32.0 Å². The zero-order valence-electron chi connectivity index (χ0n) is 21.7. The van der Waals surface area contributed by atoms with E-state index in [1.54, 1.807) is 60.6 Å². The number of nitrogens with zero attached hydrogens (tertiary/aromatic N) is 2. The average Bonchev–Trinajstić information content (AvgIpc) is 2.75. The highest BCUT2D eigenvalue weighted by Gasteiger charge is 2.38. The topological polar surface area (TPSA) is 138 Å². The summed E-state index contributed by atoms with van der Waals surface area (Å²) < 4.78 is 9.89. The van der Waals surface area contributed by atoms with Crippen LogP contribution in [0.15, 0.2) is 18.2 Å². The van der Waals surface area contributed by atoms with Gasteiger partial charge in [-0.05, 0) is 57.2 Å². The lowest BCUT2D eigenvalue weighted by atomic mass is 9.93. The Labute approximate surface area is 206 Å². The second kappa shape index (κ2) is 12.7. The summed E-state index contributed by atoms with van der Waals surface area (Å²) in [4.78, 5) is 52.3. The molecule has 1 aromatic rings. The molecule has 0 saturated heterocycles.